The summed E-state index contributed by atoms with van der Waals surface area (Å²) in [5.41, 5.74) is 2.83. The molecule has 1 aliphatic rings. The van der Waals surface area contributed by atoms with E-state index in [4.69, 9.17) is 9.72 Å². The van der Waals surface area contributed by atoms with Gasteiger partial charge in [-0.1, -0.05) is 18.2 Å². The second-order valence-electron chi connectivity index (χ2n) is 8.35. The maximum Gasteiger partial charge on any atom is 0.272 e. The van der Waals surface area contributed by atoms with Crippen molar-refractivity contribution in [3.63, 3.8) is 0 Å². The smallest absolute Gasteiger partial charge is 0.272 e. The number of hydrogen-bond donors (Lipinski definition) is 1. The summed E-state index contributed by atoms with van der Waals surface area (Å²) in [5, 5.41) is 8.01. The van der Waals surface area contributed by atoms with Crippen LogP contribution in [0, 0.1) is 0 Å². The average molecular weight is 436 g/mol. The van der Waals surface area contributed by atoms with Crippen molar-refractivity contribution >= 4 is 22.7 Å². The van der Waals surface area contributed by atoms with Crippen LogP contribution in [-0.4, -0.2) is 64.8 Å². The Morgan fingerprint density at radius 1 is 1.25 bits per heavy atom. The van der Waals surface area contributed by atoms with Gasteiger partial charge in [0.25, 0.3) is 11.8 Å². The van der Waals surface area contributed by atoms with Crippen molar-refractivity contribution in [3.05, 3.63) is 59.5 Å². The number of likely N-dealkylation sites (tertiary alicyclic amines) is 1. The molecule has 3 aromatic rings. The van der Waals surface area contributed by atoms with Crippen LogP contribution < -0.4 is 5.32 Å². The van der Waals surface area contributed by atoms with Crippen molar-refractivity contribution < 1.29 is 14.3 Å². The zero-order chi connectivity index (χ0) is 22.7. The number of amides is 2. The van der Waals surface area contributed by atoms with Gasteiger partial charge < -0.3 is 15.0 Å². The first kappa shape index (κ1) is 22.0. The predicted octanol–water partition coefficient (Wildman–Crippen LogP) is 3.02. The van der Waals surface area contributed by atoms with Crippen molar-refractivity contribution in [2.45, 2.75) is 32.2 Å². The Bertz CT molecular complexity index is 1120. The number of rotatable bonds is 7. The van der Waals surface area contributed by atoms with Crippen LogP contribution in [0.4, 0.5) is 0 Å². The molecule has 1 N–H and O–H groups in total. The highest BCUT2D eigenvalue weighted by Gasteiger charge is 2.31. The van der Waals surface area contributed by atoms with Gasteiger partial charge in [0.15, 0.2) is 0 Å². The topological polar surface area (TPSA) is 89.4 Å². The molecule has 8 heteroatoms. The molecule has 1 saturated heterocycles. The second-order valence-corrected chi connectivity index (χ2v) is 8.35. The molecule has 3 heterocycles. The fourth-order valence-electron chi connectivity index (χ4n) is 4.20. The summed E-state index contributed by atoms with van der Waals surface area (Å²) < 4.78 is 6.79. The lowest BCUT2D eigenvalue weighted by molar-refractivity contribution is 0.0775. The van der Waals surface area contributed by atoms with Crippen molar-refractivity contribution in [1.82, 2.24) is 25.0 Å². The third-order valence-electron chi connectivity index (χ3n) is 5.84. The summed E-state index contributed by atoms with van der Waals surface area (Å²) in [6.45, 7) is 6.13. The molecule has 0 aliphatic carbocycles. The monoisotopic (exact) mass is 435 g/mol. The van der Waals surface area contributed by atoms with Crippen LogP contribution in [0.2, 0.25) is 0 Å². The molecule has 0 saturated carbocycles. The van der Waals surface area contributed by atoms with E-state index in [0.717, 1.165) is 23.0 Å². The minimum absolute atomic E-state index is 0.0166. The number of methoxy groups -OCH3 is 1. The van der Waals surface area contributed by atoms with Gasteiger partial charge in [0.2, 0.25) is 0 Å². The predicted molar refractivity (Wildman–Crippen MR) is 122 cm³/mol. The van der Waals surface area contributed by atoms with Crippen LogP contribution in [0.3, 0.4) is 0 Å². The van der Waals surface area contributed by atoms with Gasteiger partial charge in [-0.15, -0.1) is 0 Å². The van der Waals surface area contributed by atoms with Crippen LogP contribution in [0.1, 0.15) is 58.8 Å². The number of fused-ring (bicyclic) bond motifs is 1. The molecule has 2 aromatic heterocycles. The summed E-state index contributed by atoms with van der Waals surface area (Å²) in [6, 6.07) is 11.4. The van der Waals surface area contributed by atoms with Crippen LogP contribution >= 0.6 is 0 Å². The minimum atomic E-state index is -0.145. The number of carbonyl (C=O) groups excluding carboxylic acids is 2. The molecule has 0 unspecified atom stereocenters. The van der Waals surface area contributed by atoms with Gasteiger partial charge in [-0.2, -0.15) is 5.10 Å². The Morgan fingerprint density at radius 2 is 2.06 bits per heavy atom. The van der Waals surface area contributed by atoms with Crippen LogP contribution in [0.5, 0.6) is 0 Å². The fourth-order valence-corrected chi connectivity index (χ4v) is 4.20. The van der Waals surface area contributed by atoms with E-state index in [-0.39, 0.29) is 23.8 Å². The Morgan fingerprint density at radius 3 is 2.84 bits per heavy atom. The van der Waals surface area contributed by atoms with Crippen molar-refractivity contribution in [3.8, 4) is 0 Å². The van der Waals surface area contributed by atoms with E-state index < -0.39 is 0 Å². The SMILES string of the molecule is COCCNC(=O)c1cc([C@H]2CCN(C(=O)c3ccnn3C(C)C)C2)nc2ccccc12. The van der Waals surface area contributed by atoms with Crippen LogP contribution in [-0.2, 0) is 4.74 Å². The standard InChI is InChI=1S/C24H29N5O3/c1-16(2)29-22(8-10-26-29)24(31)28-12-9-17(15-28)21-14-19(23(30)25-11-13-32-3)18-6-4-5-7-20(18)27-21/h4-8,10,14,16-17H,9,11-13,15H2,1-3H3,(H,25,30)/t17-/m0/s1. The van der Waals surface area contributed by atoms with Gasteiger partial charge in [0, 0.05) is 56.0 Å². The number of hydrogen-bond acceptors (Lipinski definition) is 5. The van der Waals surface area contributed by atoms with Gasteiger partial charge in [-0.05, 0) is 38.5 Å². The first-order chi connectivity index (χ1) is 15.5. The van der Waals surface area contributed by atoms with E-state index in [0.29, 0.717) is 37.5 Å². The molecule has 168 valence electrons. The Labute approximate surface area is 187 Å². The fraction of sp³-hybridized carbons (Fsp3) is 0.417. The summed E-state index contributed by atoms with van der Waals surface area (Å²) in [5.74, 6) is -0.0878. The number of aromatic nitrogens is 3. The third-order valence-corrected chi connectivity index (χ3v) is 5.84. The molecule has 0 radical (unpaired) electrons. The molecule has 1 atom stereocenters. The molecular formula is C24H29N5O3. The first-order valence-corrected chi connectivity index (χ1v) is 11.0. The Balaban J connectivity index is 1.58. The zero-order valence-electron chi connectivity index (χ0n) is 18.7. The zero-order valence-corrected chi connectivity index (χ0v) is 18.7. The van der Waals surface area contributed by atoms with Gasteiger partial charge >= 0.3 is 0 Å². The van der Waals surface area contributed by atoms with Crippen molar-refractivity contribution in [1.29, 1.82) is 0 Å². The number of nitrogens with zero attached hydrogens (tertiary/aromatic N) is 4. The van der Waals surface area contributed by atoms with Gasteiger partial charge in [0.05, 0.1) is 17.7 Å². The lowest BCUT2D eigenvalue weighted by Gasteiger charge is -2.19. The number of benzene rings is 1. The molecular weight excluding hydrogens is 406 g/mol. The van der Waals surface area contributed by atoms with Crippen LogP contribution in [0.15, 0.2) is 42.6 Å². The number of carbonyl (C=O) groups is 2. The lowest BCUT2D eigenvalue weighted by atomic mass is 9.99. The maximum atomic E-state index is 13.1. The van der Waals surface area contributed by atoms with E-state index in [9.17, 15) is 9.59 Å². The normalized spacial score (nSPS) is 16.1. The summed E-state index contributed by atoms with van der Waals surface area (Å²) in [6.07, 6.45) is 2.47. The summed E-state index contributed by atoms with van der Waals surface area (Å²) in [7, 11) is 1.60. The highest BCUT2D eigenvalue weighted by Crippen LogP contribution is 2.30. The Kier molecular flexibility index (Phi) is 6.50. The molecule has 4 rings (SSSR count). The van der Waals surface area contributed by atoms with E-state index in [1.807, 2.05) is 49.1 Å². The molecule has 1 aliphatic heterocycles. The summed E-state index contributed by atoms with van der Waals surface area (Å²) in [4.78, 5) is 32.7. The molecule has 8 nitrogen and oxygen atoms in total. The highest BCUT2D eigenvalue weighted by atomic mass is 16.5. The number of ether oxygens (including phenoxy) is 1. The van der Waals surface area contributed by atoms with Crippen molar-refractivity contribution in [2.24, 2.45) is 0 Å². The van der Waals surface area contributed by atoms with Crippen molar-refractivity contribution in [2.75, 3.05) is 33.4 Å². The molecule has 1 aromatic carbocycles. The largest absolute Gasteiger partial charge is 0.383 e. The quantitative estimate of drug-likeness (QED) is 0.576. The second kappa shape index (κ2) is 9.48. The number of nitrogens with one attached hydrogen (secondary N) is 1. The van der Waals surface area contributed by atoms with E-state index in [2.05, 4.69) is 10.4 Å². The molecule has 0 bridgehead atoms. The van der Waals surface area contributed by atoms with Gasteiger partial charge in [0.1, 0.15) is 5.69 Å². The van der Waals surface area contributed by atoms with Crippen LogP contribution in [0.25, 0.3) is 10.9 Å². The van der Waals surface area contributed by atoms with E-state index in [1.165, 1.54) is 0 Å². The third kappa shape index (κ3) is 4.36. The molecule has 2 amide bonds. The van der Waals surface area contributed by atoms with E-state index in [1.54, 1.807) is 24.1 Å². The molecule has 32 heavy (non-hydrogen) atoms. The number of para-hydroxylation sites is 1. The van der Waals surface area contributed by atoms with E-state index >= 15 is 0 Å². The van der Waals surface area contributed by atoms with Gasteiger partial charge in [-0.3, -0.25) is 19.3 Å². The van der Waals surface area contributed by atoms with Gasteiger partial charge in [-0.25, -0.2) is 0 Å². The summed E-state index contributed by atoms with van der Waals surface area (Å²) >= 11 is 0. The highest BCUT2D eigenvalue weighted by molar-refractivity contribution is 6.06. The number of pyridine rings is 1. The maximum absolute atomic E-state index is 13.1. The average Bonchev–Trinajstić information content (AvgIpc) is 3.48. The molecule has 1 fully saturated rings. The Hall–Kier alpha value is -3.26. The lowest BCUT2D eigenvalue weighted by Crippen LogP contribution is -2.31. The first-order valence-electron chi connectivity index (χ1n) is 11.0. The molecule has 0 spiro atoms. The minimum Gasteiger partial charge on any atom is -0.383 e.